The molecule has 0 N–H and O–H groups in total. The highest BCUT2D eigenvalue weighted by atomic mass is 17.2. The second-order valence-corrected chi connectivity index (χ2v) is 3.56. The quantitative estimate of drug-likeness (QED) is 0.458. The molecule has 1 rings (SSSR count). The Kier molecular flexibility index (Phi) is 4.46. The van der Waals surface area contributed by atoms with Gasteiger partial charge in [0.25, 0.3) is 0 Å². The van der Waals surface area contributed by atoms with Gasteiger partial charge in [0, 0.05) is 5.57 Å². The van der Waals surface area contributed by atoms with E-state index in [-0.39, 0.29) is 5.57 Å². The minimum Gasteiger partial charge on any atom is -0.242 e. The van der Waals surface area contributed by atoms with E-state index >= 15 is 0 Å². The van der Waals surface area contributed by atoms with Crippen molar-refractivity contribution in [3.63, 3.8) is 0 Å². The molecule has 0 heterocycles. The third kappa shape index (κ3) is 3.75. The summed E-state index contributed by atoms with van der Waals surface area (Å²) < 4.78 is 0. The molecule has 0 radical (unpaired) electrons. The summed E-state index contributed by atoms with van der Waals surface area (Å²) in [6, 6.07) is 6.73. The van der Waals surface area contributed by atoms with Gasteiger partial charge in [-0.2, -0.15) is 0 Å². The maximum atomic E-state index is 11.4. The SMILES string of the molecule is C=C(CC)C(=O)OOC(=O)c1ccc(C)cc1. The van der Waals surface area contributed by atoms with Crippen LogP contribution in [0.2, 0.25) is 0 Å². The molecular formula is C13H14O4. The van der Waals surface area contributed by atoms with Gasteiger partial charge in [0.05, 0.1) is 5.56 Å². The maximum absolute atomic E-state index is 11.4. The van der Waals surface area contributed by atoms with Gasteiger partial charge in [-0.3, -0.25) is 0 Å². The zero-order valence-corrected chi connectivity index (χ0v) is 9.86. The summed E-state index contributed by atoms with van der Waals surface area (Å²) in [7, 11) is 0. The van der Waals surface area contributed by atoms with E-state index in [4.69, 9.17) is 0 Å². The molecule has 0 aliphatic rings. The van der Waals surface area contributed by atoms with E-state index in [1.54, 1.807) is 31.2 Å². The molecule has 0 aliphatic heterocycles. The van der Waals surface area contributed by atoms with Crippen molar-refractivity contribution in [3.8, 4) is 0 Å². The van der Waals surface area contributed by atoms with Crippen LogP contribution in [0.5, 0.6) is 0 Å². The van der Waals surface area contributed by atoms with Crippen molar-refractivity contribution in [1.29, 1.82) is 0 Å². The van der Waals surface area contributed by atoms with Crippen LogP contribution in [-0.2, 0) is 14.6 Å². The van der Waals surface area contributed by atoms with Crippen LogP contribution in [0.15, 0.2) is 36.4 Å². The zero-order chi connectivity index (χ0) is 12.8. The highest BCUT2D eigenvalue weighted by Crippen LogP contribution is 2.06. The number of benzene rings is 1. The first kappa shape index (κ1) is 13.0. The fraction of sp³-hybridized carbons (Fsp3) is 0.231. The molecule has 0 spiro atoms. The molecule has 0 amide bonds. The largest absolute Gasteiger partial charge is 0.386 e. The average Bonchev–Trinajstić information content (AvgIpc) is 2.35. The Morgan fingerprint density at radius 1 is 1.18 bits per heavy atom. The molecular weight excluding hydrogens is 220 g/mol. The highest BCUT2D eigenvalue weighted by molar-refractivity contribution is 5.91. The van der Waals surface area contributed by atoms with E-state index in [0.29, 0.717) is 12.0 Å². The topological polar surface area (TPSA) is 52.6 Å². The lowest BCUT2D eigenvalue weighted by molar-refractivity contribution is -0.229. The lowest BCUT2D eigenvalue weighted by atomic mass is 10.2. The van der Waals surface area contributed by atoms with Crippen LogP contribution in [0.3, 0.4) is 0 Å². The van der Waals surface area contributed by atoms with Crippen LogP contribution < -0.4 is 0 Å². The minimum absolute atomic E-state index is 0.252. The minimum atomic E-state index is -0.729. The zero-order valence-electron chi connectivity index (χ0n) is 9.86. The Morgan fingerprint density at radius 2 is 1.76 bits per heavy atom. The molecule has 17 heavy (non-hydrogen) atoms. The number of carbonyl (C=O) groups is 2. The van der Waals surface area contributed by atoms with Crippen LogP contribution in [0.1, 0.15) is 29.3 Å². The molecule has 0 aromatic heterocycles. The predicted octanol–water partition coefficient (Wildman–Crippen LogP) is 2.58. The molecule has 0 atom stereocenters. The van der Waals surface area contributed by atoms with Gasteiger partial charge < -0.3 is 0 Å². The van der Waals surface area contributed by atoms with E-state index in [0.717, 1.165) is 5.56 Å². The number of hydrogen-bond donors (Lipinski definition) is 0. The van der Waals surface area contributed by atoms with E-state index in [2.05, 4.69) is 16.4 Å². The molecule has 0 bridgehead atoms. The second-order valence-electron chi connectivity index (χ2n) is 3.56. The third-order valence-corrected chi connectivity index (χ3v) is 2.20. The third-order valence-electron chi connectivity index (χ3n) is 2.20. The molecule has 0 aliphatic carbocycles. The predicted molar refractivity (Wildman–Crippen MR) is 62.1 cm³/mol. The summed E-state index contributed by atoms with van der Waals surface area (Å²) in [6.07, 6.45) is 0.445. The first-order chi connectivity index (χ1) is 8.04. The smallest absolute Gasteiger partial charge is 0.242 e. The van der Waals surface area contributed by atoms with Crippen molar-refractivity contribution < 1.29 is 19.4 Å². The van der Waals surface area contributed by atoms with Crippen molar-refractivity contribution in [1.82, 2.24) is 0 Å². The van der Waals surface area contributed by atoms with Crippen molar-refractivity contribution >= 4 is 11.9 Å². The molecule has 4 heteroatoms. The number of carbonyl (C=O) groups excluding carboxylic acids is 2. The maximum Gasteiger partial charge on any atom is 0.386 e. The van der Waals surface area contributed by atoms with Gasteiger partial charge in [-0.15, -0.1) is 0 Å². The Bertz CT molecular complexity index is 431. The van der Waals surface area contributed by atoms with Crippen LogP contribution in [0, 0.1) is 6.92 Å². The van der Waals surface area contributed by atoms with Gasteiger partial charge >= 0.3 is 11.9 Å². The fourth-order valence-corrected chi connectivity index (χ4v) is 1.02. The van der Waals surface area contributed by atoms with E-state index < -0.39 is 11.9 Å². The number of aryl methyl sites for hydroxylation is 1. The number of rotatable bonds is 3. The van der Waals surface area contributed by atoms with Gasteiger partial charge in [-0.1, -0.05) is 31.2 Å². The molecule has 0 unspecified atom stereocenters. The molecule has 90 valence electrons. The monoisotopic (exact) mass is 234 g/mol. The van der Waals surface area contributed by atoms with Gasteiger partial charge in [-0.25, -0.2) is 19.4 Å². The van der Waals surface area contributed by atoms with Gasteiger partial charge in [-0.05, 0) is 25.5 Å². The van der Waals surface area contributed by atoms with Crippen LogP contribution in [-0.4, -0.2) is 11.9 Å². The molecule has 4 nitrogen and oxygen atoms in total. The molecule has 0 saturated heterocycles. The van der Waals surface area contributed by atoms with Crippen molar-refractivity contribution in [3.05, 3.63) is 47.5 Å². The van der Waals surface area contributed by atoms with E-state index in [1.165, 1.54) is 0 Å². The summed E-state index contributed by atoms with van der Waals surface area (Å²) in [5, 5.41) is 0. The van der Waals surface area contributed by atoms with Crippen molar-refractivity contribution in [2.75, 3.05) is 0 Å². The van der Waals surface area contributed by atoms with E-state index in [1.807, 2.05) is 6.92 Å². The fourth-order valence-electron chi connectivity index (χ4n) is 1.02. The van der Waals surface area contributed by atoms with Crippen LogP contribution >= 0.6 is 0 Å². The summed E-state index contributed by atoms with van der Waals surface area (Å²) in [5.41, 5.74) is 1.60. The van der Waals surface area contributed by atoms with E-state index in [9.17, 15) is 9.59 Å². The second kappa shape index (κ2) is 5.84. The van der Waals surface area contributed by atoms with Crippen LogP contribution in [0.25, 0.3) is 0 Å². The number of hydrogen-bond acceptors (Lipinski definition) is 4. The van der Waals surface area contributed by atoms with Crippen molar-refractivity contribution in [2.45, 2.75) is 20.3 Å². The Morgan fingerprint density at radius 3 is 2.29 bits per heavy atom. The standard InChI is InChI=1S/C13H14O4/c1-4-10(3)12(14)16-17-13(15)11-7-5-9(2)6-8-11/h5-8H,3-4H2,1-2H3. The molecule has 1 aromatic carbocycles. The average molecular weight is 234 g/mol. The Hall–Kier alpha value is -2.10. The van der Waals surface area contributed by atoms with Crippen molar-refractivity contribution in [2.24, 2.45) is 0 Å². The van der Waals surface area contributed by atoms with Gasteiger partial charge in [0.15, 0.2) is 0 Å². The molecule has 1 aromatic rings. The summed E-state index contributed by atoms with van der Waals surface area (Å²) in [4.78, 5) is 31.4. The molecule has 0 saturated carbocycles. The van der Waals surface area contributed by atoms with Crippen LogP contribution in [0.4, 0.5) is 0 Å². The molecule has 0 fully saturated rings. The van der Waals surface area contributed by atoms with Gasteiger partial charge in [0.2, 0.25) is 0 Å². The summed E-state index contributed by atoms with van der Waals surface area (Å²) in [6.45, 7) is 7.13. The first-order valence-corrected chi connectivity index (χ1v) is 5.22. The summed E-state index contributed by atoms with van der Waals surface area (Å²) in [5.74, 6) is -1.43. The normalized spacial score (nSPS) is 9.53. The first-order valence-electron chi connectivity index (χ1n) is 5.22. The Balaban J connectivity index is 2.53. The summed E-state index contributed by atoms with van der Waals surface area (Å²) >= 11 is 0. The van der Waals surface area contributed by atoms with Gasteiger partial charge in [0.1, 0.15) is 0 Å². The lowest BCUT2D eigenvalue weighted by Gasteiger charge is -2.03. The highest BCUT2D eigenvalue weighted by Gasteiger charge is 2.13. The lowest BCUT2D eigenvalue weighted by Crippen LogP contribution is -2.12. The Labute approximate surface area is 99.8 Å².